The first-order valence-electron chi connectivity index (χ1n) is 5.96. The van der Waals surface area contributed by atoms with E-state index in [1.54, 1.807) is 6.07 Å². The van der Waals surface area contributed by atoms with E-state index in [1.165, 1.54) is 0 Å². The molecule has 102 valence electrons. The molecule has 0 unspecified atom stereocenters. The molecule has 20 heavy (non-hydrogen) atoms. The first-order chi connectivity index (χ1) is 9.62. The highest BCUT2D eigenvalue weighted by Crippen LogP contribution is 2.27. The van der Waals surface area contributed by atoms with Gasteiger partial charge in [-0.05, 0) is 11.6 Å². The van der Waals surface area contributed by atoms with Crippen molar-refractivity contribution in [3.05, 3.63) is 48.5 Å². The van der Waals surface area contributed by atoms with Crippen molar-refractivity contribution in [3.8, 4) is 11.1 Å². The van der Waals surface area contributed by atoms with Crippen LogP contribution < -0.4 is 0 Å². The maximum absolute atomic E-state index is 11.7. The van der Waals surface area contributed by atoms with Crippen LogP contribution in [0, 0.1) is 0 Å². The van der Waals surface area contributed by atoms with E-state index >= 15 is 0 Å². The van der Waals surface area contributed by atoms with Crippen LogP contribution in [-0.2, 0) is 14.3 Å². The van der Waals surface area contributed by atoms with Crippen molar-refractivity contribution in [3.63, 3.8) is 0 Å². The number of benzene rings is 2. The molecule has 0 atom stereocenters. The molecule has 1 heterocycles. The molecule has 0 saturated heterocycles. The van der Waals surface area contributed by atoms with E-state index in [4.69, 9.17) is 0 Å². The minimum absolute atomic E-state index is 0.182. The fourth-order valence-electron chi connectivity index (χ4n) is 2.06. The van der Waals surface area contributed by atoms with Crippen molar-refractivity contribution in [1.29, 1.82) is 0 Å². The van der Waals surface area contributed by atoms with Crippen molar-refractivity contribution < 1.29 is 12.6 Å². The lowest BCUT2D eigenvalue weighted by Gasteiger charge is -2.01. The summed E-state index contributed by atoms with van der Waals surface area (Å²) in [6.07, 6.45) is 0. The number of aromatic nitrogens is 2. The van der Waals surface area contributed by atoms with Crippen molar-refractivity contribution in [1.82, 2.24) is 9.97 Å². The lowest BCUT2D eigenvalue weighted by molar-refractivity contribution is 0.393. The van der Waals surface area contributed by atoms with Crippen LogP contribution in [-0.4, -0.2) is 25.5 Å². The molecule has 1 aromatic heterocycles. The van der Waals surface area contributed by atoms with Gasteiger partial charge in [0.05, 0.1) is 18.1 Å². The number of imidazole rings is 1. The fourth-order valence-corrected chi connectivity index (χ4v) is 2.65. The second kappa shape index (κ2) is 4.73. The van der Waals surface area contributed by atoms with Crippen LogP contribution >= 0.6 is 0 Å². The van der Waals surface area contributed by atoms with Crippen molar-refractivity contribution in [2.45, 2.75) is 5.16 Å². The van der Waals surface area contributed by atoms with E-state index in [-0.39, 0.29) is 5.16 Å². The Balaban J connectivity index is 2.26. The third-order valence-electron chi connectivity index (χ3n) is 3.03. The number of nitrogens with one attached hydrogen (secondary N) is 1. The summed E-state index contributed by atoms with van der Waals surface area (Å²) in [5.41, 5.74) is 3.11. The molecule has 0 bridgehead atoms. The largest absolute Gasteiger partial charge is 0.330 e. The summed E-state index contributed by atoms with van der Waals surface area (Å²) in [4.78, 5) is 6.94. The maximum Gasteiger partial charge on any atom is 0.330 e. The quantitative estimate of drug-likeness (QED) is 0.752. The molecule has 2 aromatic carbocycles. The first-order valence-corrected chi connectivity index (χ1v) is 7.37. The molecule has 0 aliphatic rings. The molecule has 0 aliphatic carbocycles. The molecule has 3 rings (SSSR count). The van der Waals surface area contributed by atoms with Gasteiger partial charge in [0.15, 0.2) is 0 Å². The Kier molecular flexibility index (Phi) is 3.04. The Hall–Kier alpha value is -2.18. The highest BCUT2D eigenvalue weighted by atomic mass is 32.2. The Morgan fingerprint density at radius 3 is 2.50 bits per heavy atom. The van der Waals surface area contributed by atoms with Gasteiger partial charge in [0.25, 0.3) is 5.16 Å². The predicted octanol–water partition coefficient (Wildman–Crippen LogP) is 2.57. The standard InChI is InChI=1S/C14H12N2O3S/c1-19-20(17,18)14-15-12-9-5-8-11(13(12)16-14)10-6-3-2-4-7-10/h2-9H,1H3,(H,15,16). The van der Waals surface area contributed by atoms with Crippen LogP contribution in [0.15, 0.2) is 53.7 Å². The van der Waals surface area contributed by atoms with E-state index in [0.29, 0.717) is 11.0 Å². The monoisotopic (exact) mass is 288 g/mol. The second-order valence-electron chi connectivity index (χ2n) is 4.23. The zero-order valence-electron chi connectivity index (χ0n) is 10.7. The first kappa shape index (κ1) is 12.8. The number of rotatable bonds is 3. The summed E-state index contributed by atoms with van der Waals surface area (Å²) < 4.78 is 27.9. The molecule has 1 N–H and O–H groups in total. The summed E-state index contributed by atoms with van der Waals surface area (Å²) in [6, 6.07) is 15.2. The second-order valence-corrected chi connectivity index (χ2v) is 5.86. The van der Waals surface area contributed by atoms with Gasteiger partial charge in [-0.25, -0.2) is 4.98 Å². The van der Waals surface area contributed by atoms with Gasteiger partial charge in [-0.1, -0.05) is 42.5 Å². The average Bonchev–Trinajstić information content (AvgIpc) is 2.93. The molecule has 6 heteroatoms. The van der Waals surface area contributed by atoms with Crippen LogP contribution in [0.4, 0.5) is 0 Å². The van der Waals surface area contributed by atoms with Gasteiger partial charge in [-0.2, -0.15) is 8.42 Å². The zero-order chi connectivity index (χ0) is 14.2. The number of fused-ring (bicyclic) bond motifs is 1. The fraction of sp³-hybridized carbons (Fsp3) is 0.0714. The van der Waals surface area contributed by atoms with Crippen LogP contribution in [0.5, 0.6) is 0 Å². The minimum atomic E-state index is -3.83. The highest BCUT2D eigenvalue weighted by molar-refractivity contribution is 7.86. The van der Waals surface area contributed by atoms with Gasteiger partial charge in [-0.15, -0.1) is 0 Å². The lowest BCUT2D eigenvalue weighted by Crippen LogP contribution is -2.04. The zero-order valence-corrected chi connectivity index (χ0v) is 11.5. The normalized spacial score (nSPS) is 11.8. The highest BCUT2D eigenvalue weighted by Gasteiger charge is 2.19. The Labute approximate surface area is 116 Å². The maximum atomic E-state index is 11.7. The van der Waals surface area contributed by atoms with Crippen LogP contribution in [0.25, 0.3) is 22.2 Å². The van der Waals surface area contributed by atoms with Gasteiger partial charge in [-0.3, -0.25) is 4.18 Å². The Morgan fingerprint density at radius 2 is 1.80 bits per heavy atom. The number of para-hydroxylation sites is 1. The van der Waals surface area contributed by atoms with Crippen molar-refractivity contribution >= 4 is 21.2 Å². The smallest absolute Gasteiger partial charge is 0.327 e. The van der Waals surface area contributed by atoms with Crippen molar-refractivity contribution in [2.75, 3.05) is 7.11 Å². The molecule has 0 radical (unpaired) electrons. The van der Waals surface area contributed by atoms with E-state index in [2.05, 4.69) is 14.2 Å². The van der Waals surface area contributed by atoms with Crippen molar-refractivity contribution in [2.24, 2.45) is 0 Å². The van der Waals surface area contributed by atoms with E-state index in [1.807, 2.05) is 42.5 Å². The van der Waals surface area contributed by atoms with E-state index in [0.717, 1.165) is 18.2 Å². The summed E-state index contributed by atoms with van der Waals surface area (Å²) in [5.74, 6) is 0. The SMILES string of the molecule is COS(=O)(=O)c1nc2c(-c3ccccc3)cccc2[nH]1. The van der Waals surface area contributed by atoms with Crippen LogP contribution in [0.1, 0.15) is 0 Å². The molecule has 0 aliphatic heterocycles. The molecular weight excluding hydrogens is 276 g/mol. The summed E-state index contributed by atoms with van der Waals surface area (Å²) in [6.45, 7) is 0. The third-order valence-corrected chi connectivity index (χ3v) is 4.14. The average molecular weight is 288 g/mol. The molecule has 5 nitrogen and oxygen atoms in total. The molecule has 0 amide bonds. The number of nitrogens with zero attached hydrogens (tertiary/aromatic N) is 1. The third kappa shape index (κ3) is 2.09. The Morgan fingerprint density at radius 1 is 1.05 bits per heavy atom. The molecule has 0 fully saturated rings. The van der Waals surface area contributed by atoms with Crippen LogP contribution in [0.3, 0.4) is 0 Å². The summed E-state index contributed by atoms with van der Waals surface area (Å²) >= 11 is 0. The number of aromatic amines is 1. The van der Waals surface area contributed by atoms with Gasteiger partial charge < -0.3 is 4.98 Å². The molecular formula is C14H12N2O3S. The summed E-state index contributed by atoms with van der Waals surface area (Å²) in [5, 5.41) is -0.182. The molecule has 3 aromatic rings. The van der Waals surface area contributed by atoms with Gasteiger partial charge >= 0.3 is 10.1 Å². The minimum Gasteiger partial charge on any atom is -0.327 e. The number of hydrogen-bond acceptors (Lipinski definition) is 4. The molecule has 0 saturated carbocycles. The number of H-pyrrole nitrogens is 1. The van der Waals surface area contributed by atoms with E-state index in [9.17, 15) is 8.42 Å². The predicted molar refractivity (Wildman–Crippen MR) is 75.7 cm³/mol. The lowest BCUT2D eigenvalue weighted by atomic mass is 10.0. The van der Waals surface area contributed by atoms with Gasteiger partial charge in [0, 0.05) is 5.56 Å². The summed E-state index contributed by atoms with van der Waals surface area (Å²) in [7, 11) is -2.71. The van der Waals surface area contributed by atoms with Gasteiger partial charge in [0.1, 0.15) is 0 Å². The topological polar surface area (TPSA) is 72.1 Å². The Bertz CT molecular complexity index is 855. The molecule has 0 spiro atoms. The number of hydrogen-bond donors (Lipinski definition) is 1. The van der Waals surface area contributed by atoms with E-state index < -0.39 is 10.1 Å². The van der Waals surface area contributed by atoms with Gasteiger partial charge in [0.2, 0.25) is 0 Å². The van der Waals surface area contributed by atoms with Crippen LogP contribution in [0.2, 0.25) is 0 Å².